The number of methoxy groups -OCH3 is 1. The summed E-state index contributed by atoms with van der Waals surface area (Å²) in [6.45, 7) is 5.65. The molecule has 0 aliphatic carbocycles. The fraction of sp³-hybridized carbons (Fsp3) is 0.812. The monoisotopic (exact) mass is 239 g/mol. The molecule has 0 aromatic heterocycles. The highest BCUT2D eigenvalue weighted by atomic mass is 16.5. The van der Waals surface area contributed by atoms with E-state index in [0.29, 0.717) is 0 Å². The van der Waals surface area contributed by atoms with Crippen molar-refractivity contribution in [3.05, 3.63) is 19.3 Å². The summed E-state index contributed by atoms with van der Waals surface area (Å²) in [4.78, 5) is 0. The molecule has 0 aromatic rings. The maximum atomic E-state index is 4.91. The molecule has 0 bridgehead atoms. The Balaban J connectivity index is 2.87. The van der Waals surface area contributed by atoms with E-state index < -0.39 is 0 Å². The SMILES string of the molecule is C=CCCCCCCCCCCCC[CH]OC. The fourth-order valence-electron chi connectivity index (χ4n) is 2.05. The third-order valence-corrected chi connectivity index (χ3v) is 3.15. The lowest BCUT2D eigenvalue weighted by molar-refractivity contribution is 0.262. The molecule has 1 nitrogen and oxygen atoms in total. The maximum absolute atomic E-state index is 4.91. The summed E-state index contributed by atoms with van der Waals surface area (Å²) in [5.74, 6) is 0. The Morgan fingerprint density at radius 3 is 1.53 bits per heavy atom. The first-order valence-electron chi connectivity index (χ1n) is 7.37. The minimum Gasteiger partial charge on any atom is -0.379 e. The molecule has 0 heterocycles. The topological polar surface area (TPSA) is 9.23 Å². The van der Waals surface area contributed by atoms with Crippen molar-refractivity contribution < 1.29 is 4.74 Å². The van der Waals surface area contributed by atoms with Crippen LogP contribution in [0.25, 0.3) is 0 Å². The zero-order chi connectivity index (χ0) is 12.6. The molecule has 1 heteroatoms. The Morgan fingerprint density at radius 1 is 0.706 bits per heavy atom. The largest absolute Gasteiger partial charge is 0.379 e. The van der Waals surface area contributed by atoms with Crippen molar-refractivity contribution in [3.63, 3.8) is 0 Å². The van der Waals surface area contributed by atoms with E-state index in [1.54, 1.807) is 7.11 Å². The molecule has 0 aliphatic rings. The first-order chi connectivity index (χ1) is 8.41. The van der Waals surface area contributed by atoms with Crippen molar-refractivity contribution in [2.24, 2.45) is 0 Å². The van der Waals surface area contributed by atoms with Gasteiger partial charge in [-0.3, -0.25) is 0 Å². The number of hydrogen-bond acceptors (Lipinski definition) is 1. The van der Waals surface area contributed by atoms with Crippen LogP contribution in [0.15, 0.2) is 12.7 Å². The summed E-state index contributed by atoms with van der Waals surface area (Å²) in [6, 6.07) is 0. The number of hydrogen-bond donors (Lipinski definition) is 0. The molecular formula is C16H31O. The van der Waals surface area contributed by atoms with E-state index in [4.69, 9.17) is 4.74 Å². The minimum absolute atomic E-state index is 1.11. The Morgan fingerprint density at radius 2 is 1.12 bits per heavy atom. The van der Waals surface area contributed by atoms with Crippen LogP contribution in [0.5, 0.6) is 0 Å². The zero-order valence-electron chi connectivity index (χ0n) is 11.8. The predicted octanol–water partition coefficient (Wildman–Crippen LogP) is 5.66. The van der Waals surface area contributed by atoms with Crippen LogP contribution >= 0.6 is 0 Å². The van der Waals surface area contributed by atoms with Gasteiger partial charge in [0.15, 0.2) is 0 Å². The molecule has 0 fully saturated rings. The lowest BCUT2D eigenvalue weighted by atomic mass is 10.1. The van der Waals surface area contributed by atoms with E-state index in [1.807, 2.05) is 12.7 Å². The van der Waals surface area contributed by atoms with E-state index in [1.165, 1.54) is 70.6 Å². The molecule has 0 saturated heterocycles. The lowest BCUT2D eigenvalue weighted by Gasteiger charge is -2.02. The highest BCUT2D eigenvalue weighted by Crippen LogP contribution is 2.12. The first kappa shape index (κ1) is 16.7. The van der Waals surface area contributed by atoms with E-state index >= 15 is 0 Å². The van der Waals surface area contributed by atoms with E-state index in [0.717, 1.165) is 6.42 Å². The molecule has 1 radical (unpaired) electrons. The van der Waals surface area contributed by atoms with Gasteiger partial charge in [-0.25, -0.2) is 0 Å². The fourth-order valence-corrected chi connectivity index (χ4v) is 2.05. The molecule has 0 saturated carbocycles. The normalized spacial score (nSPS) is 10.6. The van der Waals surface area contributed by atoms with Crippen molar-refractivity contribution in [2.45, 2.75) is 77.0 Å². The lowest BCUT2D eigenvalue weighted by Crippen LogP contribution is -1.84. The third-order valence-electron chi connectivity index (χ3n) is 3.15. The predicted molar refractivity (Wildman–Crippen MR) is 76.9 cm³/mol. The Kier molecular flexibility index (Phi) is 15.4. The van der Waals surface area contributed by atoms with E-state index in [9.17, 15) is 0 Å². The van der Waals surface area contributed by atoms with E-state index in [-0.39, 0.29) is 0 Å². The van der Waals surface area contributed by atoms with Crippen molar-refractivity contribution in [1.82, 2.24) is 0 Å². The molecule has 0 atom stereocenters. The summed E-state index contributed by atoms with van der Waals surface area (Å²) in [7, 11) is 1.73. The van der Waals surface area contributed by atoms with Crippen molar-refractivity contribution in [2.75, 3.05) is 7.11 Å². The molecule has 101 valence electrons. The molecule has 0 aromatic carbocycles. The third kappa shape index (κ3) is 15.7. The highest BCUT2D eigenvalue weighted by Gasteiger charge is 1.93. The van der Waals surface area contributed by atoms with Crippen molar-refractivity contribution in [1.29, 1.82) is 0 Å². The smallest absolute Gasteiger partial charge is 0.0832 e. The average Bonchev–Trinajstić information content (AvgIpc) is 2.35. The van der Waals surface area contributed by atoms with Crippen molar-refractivity contribution >= 4 is 0 Å². The van der Waals surface area contributed by atoms with Crippen LogP contribution in [-0.2, 0) is 4.74 Å². The van der Waals surface area contributed by atoms with E-state index in [2.05, 4.69) is 6.58 Å². The van der Waals surface area contributed by atoms with Gasteiger partial charge < -0.3 is 4.74 Å². The zero-order valence-corrected chi connectivity index (χ0v) is 11.8. The van der Waals surface area contributed by atoms with Gasteiger partial charge in [-0.2, -0.15) is 0 Å². The molecule has 0 spiro atoms. The van der Waals surface area contributed by atoms with Crippen molar-refractivity contribution in [3.8, 4) is 0 Å². The summed E-state index contributed by atoms with van der Waals surface area (Å²) < 4.78 is 4.91. The Bertz CT molecular complexity index is 142. The van der Waals surface area contributed by atoms with Crippen LogP contribution in [0, 0.1) is 6.61 Å². The van der Waals surface area contributed by atoms with Crippen LogP contribution in [0.3, 0.4) is 0 Å². The second-order valence-electron chi connectivity index (χ2n) is 4.80. The standard InChI is InChI=1S/C16H31O/c1-3-4-5-6-7-8-9-10-11-12-13-14-15-16-17-2/h3,16H,1,4-15H2,2H3. The number of ether oxygens (including phenoxy) is 1. The van der Waals surface area contributed by atoms with Crippen LogP contribution in [-0.4, -0.2) is 7.11 Å². The van der Waals surface area contributed by atoms with Gasteiger partial charge >= 0.3 is 0 Å². The summed E-state index contributed by atoms with van der Waals surface area (Å²) >= 11 is 0. The maximum Gasteiger partial charge on any atom is 0.0832 e. The number of rotatable bonds is 14. The van der Waals surface area contributed by atoms with Gasteiger partial charge in [-0.05, 0) is 19.3 Å². The summed E-state index contributed by atoms with van der Waals surface area (Å²) in [6.07, 6.45) is 18.2. The van der Waals surface area contributed by atoms with Gasteiger partial charge in [0.25, 0.3) is 0 Å². The van der Waals surface area contributed by atoms with Gasteiger partial charge in [0, 0.05) is 7.11 Å². The van der Waals surface area contributed by atoms with Gasteiger partial charge in [0.2, 0.25) is 0 Å². The summed E-state index contributed by atoms with van der Waals surface area (Å²) in [5.41, 5.74) is 0. The van der Waals surface area contributed by atoms with Crippen LogP contribution in [0.4, 0.5) is 0 Å². The van der Waals surface area contributed by atoms with Gasteiger partial charge in [0.1, 0.15) is 0 Å². The van der Waals surface area contributed by atoms with Crippen LogP contribution in [0.1, 0.15) is 77.0 Å². The van der Waals surface area contributed by atoms with Gasteiger partial charge in [0.05, 0.1) is 6.61 Å². The highest BCUT2D eigenvalue weighted by molar-refractivity contribution is 4.65. The molecule has 0 rings (SSSR count). The molecular weight excluding hydrogens is 208 g/mol. The second kappa shape index (κ2) is 15.7. The molecule has 0 amide bonds. The van der Waals surface area contributed by atoms with Crippen LogP contribution in [0.2, 0.25) is 0 Å². The van der Waals surface area contributed by atoms with Gasteiger partial charge in [-0.15, -0.1) is 6.58 Å². The minimum atomic E-state index is 1.11. The average molecular weight is 239 g/mol. The van der Waals surface area contributed by atoms with Crippen LogP contribution < -0.4 is 0 Å². The second-order valence-corrected chi connectivity index (χ2v) is 4.80. The number of unbranched alkanes of at least 4 members (excludes halogenated alkanes) is 11. The quantitative estimate of drug-likeness (QED) is 0.281. The molecule has 17 heavy (non-hydrogen) atoms. The molecule has 0 aliphatic heterocycles. The summed E-state index contributed by atoms with van der Waals surface area (Å²) in [5, 5.41) is 0. The molecule has 0 N–H and O–H groups in total. The molecule has 0 unspecified atom stereocenters. The Hall–Kier alpha value is -0.300. The Labute approximate surface area is 109 Å². The first-order valence-corrected chi connectivity index (χ1v) is 7.37. The van der Waals surface area contributed by atoms with Gasteiger partial charge in [-0.1, -0.05) is 63.9 Å². The number of allylic oxidation sites excluding steroid dienone is 1.